The second-order valence-corrected chi connectivity index (χ2v) is 6.97. The van der Waals surface area contributed by atoms with E-state index in [0.29, 0.717) is 0 Å². The molecule has 17 heavy (non-hydrogen) atoms. The van der Waals surface area contributed by atoms with Crippen LogP contribution in [0, 0.1) is 23.7 Å². The van der Waals surface area contributed by atoms with E-state index < -0.39 is 0 Å². The summed E-state index contributed by atoms with van der Waals surface area (Å²) in [5.41, 5.74) is 0. The lowest BCUT2D eigenvalue weighted by Gasteiger charge is -2.34. The molecule has 0 aromatic carbocycles. The van der Waals surface area contributed by atoms with Crippen molar-refractivity contribution in [1.29, 1.82) is 0 Å². The van der Waals surface area contributed by atoms with E-state index in [1.807, 2.05) is 0 Å². The van der Waals surface area contributed by atoms with E-state index in [4.69, 9.17) is 0 Å². The summed E-state index contributed by atoms with van der Waals surface area (Å²) in [5.74, 6) is 4.26. The lowest BCUT2D eigenvalue weighted by molar-refractivity contribution is 0.206. The standard InChI is InChI=1S/C16H29N/c1-17-16(11-12-5-3-2-4-6-12)15-10-13-7-8-14(15)9-13/h12-17H,2-11H2,1H3. The molecule has 1 N–H and O–H groups in total. The van der Waals surface area contributed by atoms with Crippen molar-refractivity contribution in [2.24, 2.45) is 23.7 Å². The average Bonchev–Trinajstić information content (AvgIpc) is 2.99. The fourth-order valence-electron chi connectivity index (χ4n) is 5.08. The van der Waals surface area contributed by atoms with Crippen LogP contribution in [0.5, 0.6) is 0 Å². The molecule has 98 valence electrons. The molecule has 3 rings (SSSR count). The highest BCUT2D eigenvalue weighted by Crippen LogP contribution is 2.50. The quantitative estimate of drug-likeness (QED) is 0.777. The highest BCUT2D eigenvalue weighted by atomic mass is 14.9. The highest BCUT2D eigenvalue weighted by Gasteiger charge is 2.42. The second-order valence-electron chi connectivity index (χ2n) is 6.97. The number of nitrogens with one attached hydrogen (secondary N) is 1. The number of fused-ring (bicyclic) bond motifs is 2. The van der Waals surface area contributed by atoms with Gasteiger partial charge in [0, 0.05) is 6.04 Å². The smallest absolute Gasteiger partial charge is 0.00977 e. The molecule has 0 heterocycles. The maximum Gasteiger partial charge on any atom is 0.00977 e. The zero-order valence-electron chi connectivity index (χ0n) is 11.5. The molecular formula is C16H29N. The van der Waals surface area contributed by atoms with Gasteiger partial charge in [-0.25, -0.2) is 0 Å². The van der Waals surface area contributed by atoms with Gasteiger partial charge in [0.25, 0.3) is 0 Å². The minimum absolute atomic E-state index is 0.841. The summed E-state index contributed by atoms with van der Waals surface area (Å²) in [4.78, 5) is 0. The van der Waals surface area contributed by atoms with Crippen LogP contribution < -0.4 is 5.32 Å². The third-order valence-electron chi connectivity index (χ3n) is 5.99. The minimum Gasteiger partial charge on any atom is -0.317 e. The Hall–Kier alpha value is -0.0400. The van der Waals surface area contributed by atoms with Crippen molar-refractivity contribution >= 4 is 0 Å². The van der Waals surface area contributed by atoms with Crippen molar-refractivity contribution in [3.63, 3.8) is 0 Å². The summed E-state index contributed by atoms with van der Waals surface area (Å²) in [5, 5.41) is 3.68. The van der Waals surface area contributed by atoms with Gasteiger partial charge in [0.1, 0.15) is 0 Å². The first kappa shape index (κ1) is 12.0. The molecule has 2 bridgehead atoms. The summed E-state index contributed by atoms with van der Waals surface area (Å²) in [6.07, 6.45) is 15.2. The second kappa shape index (κ2) is 5.30. The van der Waals surface area contributed by atoms with E-state index in [1.54, 1.807) is 19.3 Å². The average molecular weight is 235 g/mol. The van der Waals surface area contributed by atoms with Gasteiger partial charge in [0.15, 0.2) is 0 Å². The third-order valence-corrected chi connectivity index (χ3v) is 5.99. The van der Waals surface area contributed by atoms with Gasteiger partial charge in [-0.05, 0) is 56.4 Å². The normalized spacial score (nSPS) is 39.7. The van der Waals surface area contributed by atoms with Crippen LogP contribution in [-0.4, -0.2) is 13.1 Å². The largest absolute Gasteiger partial charge is 0.317 e. The summed E-state index contributed by atoms with van der Waals surface area (Å²) >= 11 is 0. The first-order chi connectivity index (χ1) is 8.36. The molecule has 0 spiro atoms. The van der Waals surface area contributed by atoms with Crippen LogP contribution in [0.3, 0.4) is 0 Å². The summed E-state index contributed by atoms with van der Waals surface area (Å²) in [7, 11) is 2.21. The number of hydrogen-bond donors (Lipinski definition) is 1. The Balaban J connectivity index is 1.55. The van der Waals surface area contributed by atoms with Crippen molar-refractivity contribution in [1.82, 2.24) is 5.32 Å². The van der Waals surface area contributed by atoms with Crippen molar-refractivity contribution in [3.05, 3.63) is 0 Å². The third kappa shape index (κ3) is 2.54. The molecule has 0 saturated heterocycles. The Morgan fingerprint density at radius 1 is 1.00 bits per heavy atom. The maximum atomic E-state index is 3.68. The zero-order chi connectivity index (χ0) is 11.7. The monoisotopic (exact) mass is 235 g/mol. The van der Waals surface area contributed by atoms with Gasteiger partial charge < -0.3 is 5.32 Å². The molecule has 0 aliphatic heterocycles. The van der Waals surface area contributed by atoms with Crippen molar-refractivity contribution < 1.29 is 0 Å². The van der Waals surface area contributed by atoms with Gasteiger partial charge in [-0.15, -0.1) is 0 Å². The van der Waals surface area contributed by atoms with Gasteiger partial charge in [0.05, 0.1) is 0 Å². The van der Waals surface area contributed by atoms with Gasteiger partial charge in [-0.1, -0.05) is 38.5 Å². The summed E-state index contributed by atoms with van der Waals surface area (Å²) < 4.78 is 0. The molecule has 0 amide bonds. The van der Waals surface area contributed by atoms with Crippen molar-refractivity contribution in [2.75, 3.05) is 7.05 Å². The van der Waals surface area contributed by atoms with Gasteiger partial charge in [-0.2, -0.15) is 0 Å². The Labute approximate surface area is 107 Å². The Morgan fingerprint density at radius 3 is 2.41 bits per heavy atom. The number of hydrogen-bond acceptors (Lipinski definition) is 1. The molecule has 1 nitrogen and oxygen atoms in total. The Kier molecular flexibility index (Phi) is 3.75. The fraction of sp³-hybridized carbons (Fsp3) is 1.00. The molecule has 4 unspecified atom stereocenters. The molecule has 3 saturated carbocycles. The topological polar surface area (TPSA) is 12.0 Å². The SMILES string of the molecule is CNC(CC1CCCCC1)C1CC2CCC1C2. The van der Waals surface area contributed by atoms with Crippen LogP contribution >= 0.6 is 0 Å². The van der Waals surface area contributed by atoms with E-state index in [2.05, 4.69) is 12.4 Å². The van der Waals surface area contributed by atoms with Crippen LogP contribution in [0.15, 0.2) is 0 Å². The minimum atomic E-state index is 0.841. The maximum absolute atomic E-state index is 3.68. The van der Waals surface area contributed by atoms with Crippen LogP contribution in [0.1, 0.15) is 64.2 Å². The molecule has 4 atom stereocenters. The zero-order valence-corrected chi connectivity index (χ0v) is 11.5. The van der Waals surface area contributed by atoms with Crippen molar-refractivity contribution in [2.45, 2.75) is 70.3 Å². The molecule has 0 aromatic rings. The Bertz CT molecular complexity index is 244. The van der Waals surface area contributed by atoms with Gasteiger partial charge in [-0.3, -0.25) is 0 Å². The van der Waals surface area contributed by atoms with Crippen LogP contribution in [0.2, 0.25) is 0 Å². The van der Waals surface area contributed by atoms with Gasteiger partial charge >= 0.3 is 0 Å². The predicted octanol–water partition coefficient (Wildman–Crippen LogP) is 3.98. The van der Waals surface area contributed by atoms with Crippen LogP contribution in [-0.2, 0) is 0 Å². The molecule has 1 heteroatoms. The number of rotatable bonds is 4. The van der Waals surface area contributed by atoms with E-state index in [1.165, 1.54) is 44.9 Å². The van der Waals surface area contributed by atoms with E-state index in [-0.39, 0.29) is 0 Å². The molecule has 0 radical (unpaired) electrons. The summed E-state index contributed by atoms with van der Waals surface area (Å²) in [6.45, 7) is 0. The lowest BCUT2D eigenvalue weighted by Crippen LogP contribution is -2.38. The fourth-order valence-corrected chi connectivity index (χ4v) is 5.08. The molecule has 0 aromatic heterocycles. The summed E-state index contributed by atoms with van der Waals surface area (Å²) in [6, 6.07) is 0.841. The lowest BCUT2D eigenvalue weighted by atomic mass is 9.77. The van der Waals surface area contributed by atoms with E-state index >= 15 is 0 Å². The Morgan fingerprint density at radius 2 is 1.82 bits per heavy atom. The molecule has 3 fully saturated rings. The predicted molar refractivity (Wildman–Crippen MR) is 73.0 cm³/mol. The highest BCUT2D eigenvalue weighted by molar-refractivity contribution is 4.95. The van der Waals surface area contributed by atoms with Gasteiger partial charge in [0.2, 0.25) is 0 Å². The van der Waals surface area contributed by atoms with Crippen LogP contribution in [0.25, 0.3) is 0 Å². The van der Waals surface area contributed by atoms with Crippen LogP contribution in [0.4, 0.5) is 0 Å². The molecule has 3 aliphatic carbocycles. The molecule has 3 aliphatic rings. The van der Waals surface area contributed by atoms with Crippen molar-refractivity contribution in [3.8, 4) is 0 Å². The van der Waals surface area contributed by atoms with E-state index in [9.17, 15) is 0 Å². The first-order valence-corrected chi connectivity index (χ1v) is 8.04. The van der Waals surface area contributed by atoms with E-state index in [0.717, 1.165) is 29.7 Å². The molecular weight excluding hydrogens is 206 g/mol. The first-order valence-electron chi connectivity index (χ1n) is 8.04.